The minimum atomic E-state index is 0.696. The van der Waals surface area contributed by atoms with E-state index in [9.17, 15) is 0 Å². The van der Waals surface area contributed by atoms with Gasteiger partial charge >= 0.3 is 0 Å². The first-order valence-electron chi connectivity index (χ1n) is 4.86. The van der Waals surface area contributed by atoms with Gasteiger partial charge in [0, 0.05) is 17.9 Å². The SMILES string of the molecule is Cc1ccc(C)c(C#CCCCCl)c1. The van der Waals surface area contributed by atoms with Gasteiger partial charge in [0.15, 0.2) is 0 Å². The summed E-state index contributed by atoms with van der Waals surface area (Å²) in [6.07, 6.45) is 1.86. The number of halogens is 1. The monoisotopic (exact) mass is 206 g/mol. The molecule has 1 aromatic rings. The van der Waals surface area contributed by atoms with Crippen LogP contribution in [0.3, 0.4) is 0 Å². The molecule has 0 aliphatic heterocycles. The maximum atomic E-state index is 5.57. The molecule has 1 heteroatoms. The Morgan fingerprint density at radius 3 is 2.79 bits per heavy atom. The van der Waals surface area contributed by atoms with Crippen molar-refractivity contribution in [3.05, 3.63) is 34.9 Å². The van der Waals surface area contributed by atoms with Crippen molar-refractivity contribution in [1.82, 2.24) is 0 Å². The quantitative estimate of drug-likeness (QED) is 0.394. The normalized spacial score (nSPS) is 9.36. The molecule has 74 valence electrons. The van der Waals surface area contributed by atoms with Gasteiger partial charge in [0.1, 0.15) is 0 Å². The molecule has 14 heavy (non-hydrogen) atoms. The molecule has 0 amide bonds. The second-order valence-electron chi connectivity index (χ2n) is 3.41. The maximum Gasteiger partial charge on any atom is 0.0277 e. The lowest BCUT2D eigenvalue weighted by Gasteiger charge is -1.98. The van der Waals surface area contributed by atoms with E-state index in [1.807, 2.05) is 0 Å². The van der Waals surface area contributed by atoms with Crippen LogP contribution in [0, 0.1) is 25.7 Å². The third-order valence-electron chi connectivity index (χ3n) is 2.05. The van der Waals surface area contributed by atoms with Crippen LogP contribution in [0.1, 0.15) is 29.5 Å². The molecule has 0 saturated heterocycles. The van der Waals surface area contributed by atoms with E-state index in [4.69, 9.17) is 11.6 Å². The van der Waals surface area contributed by atoms with Crippen LogP contribution in [0.5, 0.6) is 0 Å². The number of benzene rings is 1. The van der Waals surface area contributed by atoms with E-state index in [1.54, 1.807) is 0 Å². The topological polar surface area (TPSA) is 0 Å². The first-order chi connectivity index (χ1) is 6.74. The Balaban J connectivity index is 2.73. The van der Waals surface area contributed by atoms with Gasteiger partial charge in [-0.1, -0.05) is 24.0 Å². The van der Waals surface area contributed by atoms with Crippen molar-refractivity contribution in [2.75, 3.05) is 5.88 Å². The molecule has 0 fully saturated rings. The van der Waals surface area contributed by atoms with Crippen molar-refractivity contribution in [3.8, 4) is 11.8 Å². The first kappa shape index (κ1) is 11.1. The van der Waals surface area contributed by atoms with Gasteiger partial charge < -0.3 is 0 Å². The van der Waals surface area contributed by atoms with Crippen LogP contribution in [0.15, 0.2) is 18.2 Å². The summed E-state index contributed by atoms with van der Waals surface area (Å²) < 4.78 is 0. The average Bonchev–Trinajstić information content (AvgIpc) is 2.18. The lowest BCUT2D eigenvalue weighted by atomic mass is 10.1. The van der Waals surface area contributed by atoms with E-state index in [0.29, 0.717) is 5.88 Å². The van der Waals surface area contributed by atoms with Crippen molar-refractivity contribution in [2.45, 2.75) is 26.7 Å². The molecule has 0 saturated carbocycles. The molecule has 0 unspecified atom stereocenters. The van der Waals surface area contributed by atoms with Gasteiger partial charge in [-0.2, -0.15) is 0 Å². The highest BCUT2D eigenvalue weighted by molar-refractivity contribution is 6.17. The van der Waals surface area contributed by atoms with Gasteiger partial charge in [-0.15, -0.1) is 11.6 Å². The summed E-state index contributed by atoms with van der Waals surface area (Å²) in [7, 11) is 0. The molecule has 0 bridgehead atoms. The van der Waals surface area contributed by atoms with Crippen molar-refractivity contribution in [2.24, 2.45) is 0 Å². The number of unbranched alkanes of at least 4 members (excludes halogenated alkanes) is 1. The minimum Gasteiger partial charge on any atom is -0.127 e. The van der Waals surface area contributed by atoms with Crippen molar-refractivity contribution in [3.63, 3.8) is 0 Å². The van der Waals surface area contributed by atoms with E-state index in [0.717, 1.165) is 18.4 Å². The summed E-state index contributed by atoms with van der Waals surface area (Å²) in [4.78, 5) is 0. The van der Waals surface area contributed by atoms with Gasteiger partial charge in [-0.05, 0) is 37.5 Å². The molecule has 1 rings (SSSR count). The Morgan fingerprint density at radius 1 is 1.29 bits per heavy atom. The van der Waals surface area contributed by atoms with E-state index >= 15 is 0 Å². The number of hydrogen-bond acceptors (Lipinski definition) is 0. The van der Waals surface area contributed by atoms with Crippen molar-refractivity contribution in [1.29, 1.82) is 0 Å². The van der Waals surface area contributed by atoms with Crippen LogP contribution in [-0.2, 0) is 0 Å². The molecule has 1 aromatic carbocycles. The molecule has 0 aromatic heterocycles. The summed E-state index contributed by atoms with van der Waals surface area (Å²) in [5, 5.41) is 0. The van der Waals surface area contributed by atoms with E-state index in [2.05, 4.69) is 43.9 Å². The number of hydrogen-bond donors (Lipinski definition) is 0. The predicted molar refractivity (Wildman–Crippen MR) is 62.7 cm³/mol. The maximum absolute atomic E-state index is 5.57. The highest BCUT2D eigenvalue weighted by Gasteiger charge is 1.93. The molecule has 0 heterocycles. The molecule has 0 atom stereocenters. The Bertz CT molecular complexity index is 355. The third-order valence-corrected chi connectivity index (χ3v) is 2.32. The average molecular weight is 207 g/mol. The zero-order valence-electron chi connectivity index (χ0n) is 8.73. The third kappa shape index (κ3) is 3.44. The van der Waals surface area contributed by atoms with Gasteiger partial charge in [-0.25, -0.2) is 0 Å². The Hall–Kier alpha value is -0.930. The number of aryl methyl sites for hydroxylation is 2. The summed E-state index contributed by atoms with van der Waals surface area (Å²) in [6, 6.07) is 6.35. The summed E-state index contributed by atoms with van der Waals surface area (Å²) >= 11 is 5.57. The van der Waals surface area contributed by atoms with Gasteiger partial charge in [-0.3, -0.25) is 0 Å². The zero-order chi connectivity index (χ0) is 10.4. The van der Waals surface area contributed by atoms with Crippen molar-refractivity contribution < 1.29 is 0 Å². The van der Waals surface area contributed by atoms with E-state index in [1.165, 1.54) is 11.1 Å². The van der Waals surface area contributed by atoms with Gasteiger partial charge in [0.05, 0.1) is 0 Å². The lowest BCUT2D eigenvalue weighted by molar-refractivity contribution is 0.991. The summed E-state index contributed by atoms with van der Waals surface area (Å²) in [5.41, 5.74) is 3.64. The lowest BCUT2D eigenvalue weighted by Crippen LogP contribution is -1.83. The molecule has 0 spiro atoms. The fourth-order valence-corrected chi connectivity index (χ4v) is 1.32. The van der Waals surface area contributed by atoms with Crippen LogP contribution >= 0.6 is 11.6 Å². The first-order valence-corrected chi connectivity index (χ1v) is 5.39. The molecule has 0 aliphatic carbocycles. The van der Waals surface area contributed by atoms with Gasteiger partial charge in [0.2, 0.25) is 0 Å². The van der Waals surface area contributed by atoms with Crippen LogP contribution in [0.2, 0.25) is 0 Å². The Kier molecular flexibility index (Phi) is 4.56. The molecule has 0 radical (unpaired) electrons. The van der Waals surface area contributed by atoms with Crippen LogP contribution in [0.4, 0.5) is 0 Å². The van der Waals surface area contributed by atoms with Gasteiger partial charge in [0.25, 0.3) is 0 Å². The molecular weight excluding hydrogens is 192 g/mol. The fraction of sp³-hybridized carbons (Fsp3) is 0.385. The number of rotatable bonds is 2. The zero-order valence-corrected chi connectivity index (χ0v) is 9.49. The van der Waals surface area contributed by atoms with Crippen LogP contribution in [0.25, 0.3) is 0 Å². The molecule has 0 N–H and O–H groups in total. The summed E-state index contributed by atoms with van der Waals surface area (Å²) in [6.45, 7) is 4.17. The second kappa shape index (κ2) is 5.73. The summed E-state index contributed by atoms with van der Waals surface area (Å²) in [5.74, 6) is 7.01. The minimum absolute atomic E-state index is 0.696. The Morgan fingerprint density at radius 2 is 2.07 bits per heavy atom. The Labute approximate surface area is 91.3 Å². The molecule has 0 nitrogen and oxygen atoms in total. The predicted octanol–water partition coefficient (Wildman–Crippen LogP) is 3.67. The highest BCUT2D eigenvalue weighted by Crippen LogP contribution is 2.08. The smallest absolute Gasteiger partial charge is 0.0277 e. The fourth-order valence-electron chi connectivity index (χ4n) is 1.18. The van der Waals surface area contributed by atoms with Crippen LogP contribution < -0.4 is 0 Å². The largest absolute Gasteiger partial charge is 0.127 e. The standard InChI is InChI=1S/C13H15Cl/c1-11-7-8-12(2)13(10-11)6-4-3-5-9-14/h7-8,10H,3,5,9H2,1-2H3. The van der Waals surface area contributed by atoms with Crippen molar-refractivity contribution >= 4 is 11.6 Å². The van der Waals surface area contributed by atoms with Crippen LogP contribution in [-0.4, -0.2) is 5.88 Å². The molecule has 0 aliphatic rings. The molecular formula is C13H15Cl. The van der Waals surface area contributed by atoms with E-state index < -0.39 is 0 Å². The number of alkyl halides is 1. The highest BCUT2D eigenvalue weighted by atomic mass is 35.5. The second-order valence-corrected chi connectivity index (χ2v) is 3.79. The van der Waals surface area contributed by atoms with E-state index in [-0.39, 0.29) is 0 Å².